The van der Waals surface area contributed by atoms with Crippen LogP contribution in [0.15, 0.2) is 48.5 Å². The van der Waals surface area contributed by atoms with Gasteiger partial charge in [0.25, 0.3) is 0 Å². The van der Waals surface area contributed by atoms with Crippen molar-refractivity contribution in [2.24, 2.45) is 11.8 Å². The number of hydrogen-bond donors (Lipinski definition) is 2. The van der Waals surface area contributed by atoms with E-state index in [0.29, 0.717) is 29.3 Å². The standard InChI is InChI=1S/C22H28O2/c1-15(2)18-12-13-22(3,20-6-4-5-7-21(20)24)14-19(18)16-8-10-17(23)11-9-16/h4-11,15,18-19,23-24H,12-14H2,1-3H3/t18-,19-,22+/m1/s1. The lowest BCUT2D eigenvalue weighted by atomic mass is 9.59. The van der Waals surface area contributed by atoms with E-state index in [-0.39, 0.29) is 5.41 Å². The van der Waals surface area contributed by atoms with Gasteiger partial charge < -0.3 is 10.2 Å². The van der Waals surface area contributed by atoms with Gasteiger partial charge in [-0.15, -0.1) is 0 Å². The topological polar surface area (TPSA) is 40.5 Å². The van der Waals surface area contributed by atoms with Crippen molar-refractivity contribution in [1.29, 1.82) is 0 Å². The van der Waals surface area contributed by atoms with Gasteiger partial charge in [-0.3, -0.25) is 0 Å². The lowest BCUT2D eigenvalue weighted by Gasteiger charge is -2.45. The minimum Gasteiger partial charge on any atom is -0.508 e. The molecule has 2 N–H and O–H groups in total. The molecule has 0 saturated heterocycles. The first-order valence-electron chi connectivity index (χ1n) is 8.98. The zero-order chi connectivity index (χ0) is 17.3. The molecule has 1 aliphatic rings. The fourth-order valence-corrected chi connectivity index (χ4v) is 4.54. The summed E-state index contributed by atoms with van der Waals surface area (Å²) in [6.07, 6.45) is 3.29. The third-order valence-corrected chi connectivity index (χ3v) is 5.95. The molecule has 0 aliphatic heterocycles. The van der Waals surface area contributed by atoms with E-state index in [0.717, 1.165) is 24.8 Å². The fraction of sp³-hybridized carbons (Fsp3) is 0.455. The third-order valence-electron chi connectivity index (χ3n) is 5.95. The highest BCUT2D eigenvalue weighted by Crippen LogP contribution is 2.52. The molecule has 3 rings (SSSR count). The molecule has 0 amide bonds. The summed E-state index contributed by atoms with van der Waals surface area (Å²) in [5, 5.41) is 20.0. The van der Waals surface area contributed by atoms with Gasteiger partial charge in [-0.1, -0.05) is 51.1 Å². The molecule has 2 nitrogen and oxygen atoms in total. The van der Waals surface area contributed by atoms with Gasteiger partial charge >= 0.3 is 0 Å². The van der Waals surface area contributed by atoms with Crippen LogP contribution in [0.1, 0.15) is 57.1 Å². The summed E-state index contributed by atoms with van der Waals surface area (Å²) in [6, 6.07) is 15.5. The highest BCUT2D eigenvalue weighted by Gasteiger charge is 2.41. The lowest BCUT2D eigenvalue weighted by molar-refractivity contribution is 0.168. The predicted molar refractivity (Wildman–Crippen MR) is 98.5 cm³/mol. The summed E-state index contributed by atoms with van der Waals surface area (Å²) in [5.74, 6) is 2.43. The molecule has 2 aromatic carbocycles. The molecule has 0 spiro atoms. The Hall–Kier alpha value is -1.96. The van der Waals surface area contributed by atoms with Crippen LogP contribution in [0.3, 0.4) is 0 Å². The van der Waals surface area contributed by atoms with E-state index in [4.69, 9.17) is 0 Å². The summed E-state index contributed by atoms with van der Waals surface area (Å²) in [7, 11) is 0. The SMILES string of the molecule is CC(C)[C@H]1CC[C@](C)(c2ccccc2O)C[C@@H]1c1ccc(O)cc1. The second-order valence-corrected chi connectivity index (χ2v) is 7.93. The van der Waals surface area contributed by atoms with Gasteiger partial charge in [-0.25, -0.2) is 0 Å². The number of benzene rings is 2. The molecule has 0 heterocycles. The molecule has 1 fully saturated rings. The second-order valence-electron chi connectivity index (χ2n) is 7.93. The van der Waals surface area contributed by atoms with E-state index in [9.17, 15) is 10.2 Å². The maximum absolute atomic E-state index is 10.4. The van der Waals surface area contributed by atoms with Crippen molar-refractivity contribution in [1.82, 2.24) is 0 Å². The molecule has 3 atom stereocenters. The number of phenolic OH excluding ortho intramolecular Hbond substituents is 2. The molecule has 128 valence electrons. The smallest absolute Gasteiger partial charge is 0.119 e. The summed E-state index contributed by atoms with van der Waals surface area (Å²) in [6.45, 7) is 6.90. The first-order chi connectivity index (χ1) is 11.4. The maximum atomic E-state index is 10.4. The van der Waals surface area contributed by atoms with Gasteiger partial charge in [0.1, 0.15) is 11.5 Å². The molecule has 1 aliphatic carbocycles. The van der Waals surface area contributed by atoms with E-state index in [1.54, 1.807) is 18.2 Å². The van der Waals surface area contributed by atoms with Gasteiger partial charge in [0.05, 0.1) is 0 Å². The maximum Gasteiger partial charge on any atom is 0.119 e. The van der Waals surface area contributed by atoms with Gasteiger partial charge in [0.15, 0.2) is 0 Å². The Morgan fingerprint density at radius 1 is 1.00 bits per heavy atom. The lowest BCUT2D eigenvalue weighted by Crippen LogP contribution is -2.35. The van der Waals surface area contributed by atoms with E-state index >= 15 is 0 Å². The number of phenols is 2. The van der Waals surface area contributed by atoms with Crippen molar-refractivity contribution in [2.45, 2.75) is 51.4 Å². The molecule has 0 bridgehead atoms. The van der Waals surface area contributed by atoms with Crippen molar-refractivity contribution in [3.63, 3.8) is 0 Å². The molecule has 0 aromatic heterocycles. The summed E-state index contributed by atoms with van der Waals surface area (Å²) < 4.78 is 0. The highest BCUT2D eigenvalue weighted by molar-refractivity contribution is 5.40. The molecule has 0 unspecified atom stereocenters. The Morgan fingerprint density at radius 2 is 1.67 bits per heavy atom. The zero-order valence-corrected chi connectivity index (χ0v) is 14.9. The van der Waals surface area contributed by atoms with Crippen molar-refractivity contribution in [3.05, 3.63) is 59.7 Å². The molecular formula is C22H28O2. The monoisotopic (exact) mass is 324 g/mol. The van der Waals surface area contributed by atoms with Crippen LogP contribution in [0.4, 0.5) is 0 Å². The third kappa shape index (κ3) is 3.15. The first-order valence-corrected chi connectivity index (χ1v) is 8.98. The Labute approximate surface area is 145 Å². The Bertz CT molecular complexity index is 689. The largest absolute Gasteiger partial charge is 0.508 e. The van der Waals surface area contributed by atoms with Crippen molar-refractivity contribution < 1.29 is 10.2 Å². The van der Waals surface area contributed by atoms with Crippen molar-refractivity contribution in [3.8, 4) is 11.5 Å². The minimum atomic E-state index is -0.0146. The van der Waals surface area contributed by atoms with Gasteiger partial charge in [-0.2, -0.15) is 0 Å². The van der Waals surface area contributed by atoms with Crippen LogP contribution in [0.5, 0.6) is 11.5 Å². The van der Waals surface area contributed by atoms with Crippen molar-refractivity contribution >= 4 is 0 Å². The van der Waals surface area contributed by atoms with Crippen LogP contribution in [0.25, 0.3) is 0 Å². The van der Waals surface area contributed by atoms with Gasteiger partial charge in [0, 0.05) is 0 Å². The molecule has 2 heteroatoms. The molecule has 0 radical (unpaired) electrons. The Kier molecular flexibility index (Phi) is 4.58. The second kappa shape index (κ2) is 6.51. The van der Waals surface area contributed by atoms with Crippen LogP contribution in [-0.4, -0.2) is 10.2 Å². The van der Waals surface area contributed by atoms with E-state index < -0.39 is 0 Å². The Balaban J connectivity index is 1.97. The zero-order valence-electron chi connectivity index (χ0n) is 14.9. The average molecular weight is 324 g/mol. The van der Waals surface area contributed by atoms with Crippen LogP contribution in [-0.2, 0) is 5.41 Å². The molecule has 24 heavy (non-hydrogen) atoms. The first kappa shape index (κ1) is 16.9. The molecule has 2 aromatic rings. The summed E-state index contributed by atoms with van der Waals surface area (Å²) in [5.41, 5.74) is 2.35. The van der Waals surface area contributed by atoms with Crippen LogP contribution in [0.2, 0.25) is 0 Å². The summed E-state index contributed by atoms with van der Waals surface area (Å²) in [4.78, 5) is 0. The predicted octanol–water partition coefficient (Wildman–Crippen LogP) is 5.60. The quantitative estimate of drug-likeness (QED) is 0.772. The van der Waals surface area contributed by atoms with Crippen LogP contribution >= 0.6 is 0 Å². The van der Waals surface area contributed by atoms with Crippen LogP contribution < -0.4 is 0 Å². The Morgan fingerprint density at radius 3 is 2.29 bits per heavy atom. The van der Waals surface area contributed by atoms with Gasteiger partial charge in [0.2, 0.25) is 0 Å². The van der Waals surface area contributed by atoms with Crippen molar-refractivity contribution in [2.75, 3.05) is 0 Å². The fourth-order valence-electron chi connectivity index (χ4n) is 4.54. The van der Waals surface area contributed by atoms with E-state index in [2.05, 4.69) is 39.0 Å². The molecule has 1 saturated carbocycles. The summed E-state index contributed by atoms with van der Waals surface area (Å²) >= 11 is 0. The van der Waals surface area contributed by atoms with E-state index in [1.165, 1.54) is 5.56 Å². The normalized spacial score (nSPS) is 27.3. The van der Waals surface area contributed by atoms with Gasteiger partial charge in [-0.05, 0) is 71.8 Å². The number of para-hydroxylation sites is 1. The molecular weight excluding hydrogens is 296 g/mol. The number of aromatic hydroxyl groups is 2. The van der Waals surface area contributed by atoms with E-state index in [1.807, 2.05) is 12.1 Å². The van der Waals surface area contributed by atoms with Crippen LogP contribution in [0, 0.1) is 11.8 Å². The number of rotatable bonds is 3. The highest BCUT2D eigenvalue weighted by atomic mass is 16.3. The minimum absolute atomic E-state index is 0.0146. The average Bonchev–Trinajstić information content (AvgIpc) is 2.55. The number of hydrogen-bond acceptors (Lipinski definition) is 2.